The van der Waals surface area contributed by atoms with E-state index in [1.807, 2.05) is 19.1 Å². The second kappa shape index (κ2) is 7.65. The van der Waals surface area contributed by atoms with Crippen molar-refractivity contribution in [3.05, 3.63) is 23.7 Å². The lowest BCUT2D eigenvalue weighted by atomic mass is 9.74. The van der Waals surface area contributed by atoms with Gasteiger partial charge in [-0.25, -0.2) is 0 Å². The summed E-state index contributed by atoms with van der Waals surface area (Å²) >= 11 is 0. The van der Waals surface area contributed by atoms with E-state index in [9.17, 15) is 0 Å². The number of furan rings is 1. The highest BCUT2D eigenvalue weighted by atomic mass is 16.6. The van der Waals surface area contributed by atoms with Gasteiger partial charge in [0.2, 0.25) is 0 Å². The molecule has 1 aromatic heterocycles. The van der Waals surface area contributed by atoms with Crippen LogP contribution in [0.4, 0.5) is 0 Å². The standard InChI is InChI=1S/C19H32O3/c1-6-8-9-15(7-2)12-20-13-17-19(4,5)18(22-17)16-11-10-14(3)21-16/h10-11,15,17-18H,6-9,12-13H2,1-5H3. The average molecular weight is 308 g/mol. The number of ether oxygens (including phenoxy) is 2. The van der Waals surface area contributed by atoms with E-state index in [1.54, 1.807) is 0 Å². The molecule has 0 aliphatic carbocycles. The van der Waals surface area contributed by atoms with Crippen molar-refractivity contribution in [1.82, 2.24) is 0 Å². The van der Waals surface area contributed by atoms with Crippen molar-refractivity contribution in [3.8, 4) is 0 Å². The minimum atomic E-state index is 0.0527. The normalized spacial score (nSPS) is 25.0. The summed E-state index contributed by atoms with van der Waals surface area (Å²) in [7, 11) is 0. The van der Waals surface area contributed by atoms with Crippen LogP contribution in [0.2, 0.25) is 0 Å². The summed E-state index contributed by atoms with van der Waals surface area (Å²) in [6.07, 6.45) is 5.25. The molecule has 1 fully saturated rings. The minimum absolute atomic E-state index is 0.0527. The molecule has 0 aromatic carbocycles. The molecule has 3 nitrogen and oxygen atoms in total. The molecule has 3 unspecified atom stereocenters. The molecule has 2 heterocycles. The fraction of sp³-hybridized carbons (Fsp3) is 0.789. The first kappa shape index (κ1) is 17.6. The number of hydrogen-bond donors (Lipinski definition) is 0. The molecule has 1 saturated heterocycles. The summed E-state index contributed by atoms with van der Waals surface area (Å²) in [5.41, 5.74) is 0.0649. The predicted molar refractivity (Wildman–Crippen MR) is 89.0 cm³/mol. The maximum atomic E-state index is 6.03. The van der Waals surface area contributed by atoms with Crippen LogP contribution in [0.3, 0.4) is 0 Å². The first-order valence-electron chi connectivity index (χ1n) is 8.78. The zero-order valence-corrected chi connectivity index (χ0v) is 14.9. The molecule has 1 aromatic rings. The first-order valence-corrected chi connectivity index (χ1v) is 8.78. The Morgan fingerprint density at radius 3 is 2.59 bits per heavy atom. The molecule has 0 spiro atoms. The Bertz CT molecular complexity index is 449. The van der Waals surface area contributed by atoms with Gasteiger partial charge in [-0.2, -0.15) is 0 Å². The van der Waals surface area contributed by atoms with E-state index in [1.165, 1.54) is 25.7 Å². The number of hydrogen-bond acceptors (Lipinski definition) is 3. The van der Waals surface area contributed by atoms with Crippen LogP contribution in [0.15, 0.2) is 16.5 Å². The summed E-state index contributed by atoms with van der Waals surface area (Å²) in [5.74, 6) is 2.57. The number of rotatable bonds is 9. The number of aryl methyl sites for hydroxylation is 1. The lowest BCUT2D eigenvalue weighted by Gasteiger charge is -2.50. The Morgan fingerprint density at radius 2 is 2.05 bits per heavy atom. The van der Waals surface area contributed by atoms with Gasteiger partial charge in [0.15, 0.2) is 0 Å². The minimum Gasteiger partial charge on any atom is -0.464 e. The molecular formula is C19H32O3. The molecule has 0 amide bonds. The lowest BCUT2D eigenvalue weighted by Crippen LogP contribution is -2.52. The monoisotopic (exact) mass is 308 g/mol. The van der Waals surface area contributed by atoms with E-state index < -0.39 is 0 Å². The van der Waals surface area contributed by atoms with Crippen molar-refractivity contribution in [2.75, 3.05) is 13.2 Å². The van der Waals surface area contributed by atoms with Gasteiger partial charge in [-0.05, 0) is 31.4 Å². The molecule has 22 heavy (non-hydrogen) atoms. The summed E-state index contributed by atoms with van der Waals surface area (Å²) in [6.45, 7) is 12.5. The van der Waals surface area contributed by atoms with Gasteiger partial charge >= 0.3 is 0 Å². The zero-order valence-electron chi connectivity index (χ0n) is 14.9. The molecule has 3 heteroatoms. The Labute approximate surface area is 135 Å². The van der Waals surface area contributed by atoms with E-state index in [-0.39, 0.29) is 17.6 Å². The van der Waals surface area contributed by atoms with Crippen LogP contribution in [0.1, 0.15) is 71.0 Å². The van der Waals surface area contributed by atoms with Crippen molar-refractivity contribution in [1.29, 1.82) is 0 Å². The lowest BCUT2D eigenvalue weighted by molar-refractivity contribution is -0.262. The van der Waals surface area contributed by atoms with Crippen molar-refractivity contribution in [3.63, 3.8) is 0 Å². The predicted octanol–water partition coefficient (Wildman–Crippen LogP) is 5.29. The molecule has 0 N–H and O–H groups in total. The van der Waals surface area contributed by atoms with Crippen molar-refractivity contribution >= 4 is 0 Å². The maximum Gasteiger partial charge on any atom is 0.133 e. The van der Waals surface area contributed by atoms with Gasteiger partial charge in [0, 0.05) is 12.0 Å². The molecule has 0 saturated carbocycles. The van der Waals surface area contributed by atoms with Gasteiger partial charge in [-0.3, -0.25) is 0 Å². The quantitative estimate of drug-likeness (QED) is 0.621. The third-order valence-electron chi connectivity index (χ3n) is 4.99. The Kier molecular flexibility index (Phi) is 6.10. The highest BCUT2D eigenvalue weighted by molar-refractivity contribution is 5.15. The van der Waals surface area contributed by atoms with Gasteiger partial charge in [0.25, 0.3) is 0 Å². The third-order valence-corrected chi connectivity index (χ3v) is 4.99. The summed E-state index contributed by atoms with van der Waals surface area (Å²) in [6, 6.07) is 4.02. The van der Waals surface area contributed by atoms with Crippen LogP contribution >= 0.6 is 0 Å². The van der Waals surface area contributed by atoms with Gasteiger partial charge in [-0.15, -0.1) is 0 Å². The van der Waals surface area contributed by atoms with Gasteiger partial charge in [0.05, 0.1) is 12.7 Å². The molecule has 126 valence electrons. The first-order chi connectivity index (χ1) is 10.5. The van der Waals surface area contributed by atoms with Crippen LogP contribution in [-0.2, 0) is 9.47 Å². The number of unbranched alkanes of at least 4 members (excludes halogenated alkanes) is 1. The zero-order chi connectivity index (χ0) is 16.2. The van der Waals surface area contributed by atoms with E-state index >= 15 is 0 Å². The molecule has 3 atom stereocenters. The average Bonchev–Trinajstić information content (AvgIpc) is 2.90. The SMILES string of the molecule is CCCCC(CC)COCC1OC(c2ccc(C)o2)C1(C)C. The molecule has 1 aliphatic heterocycles. The van der Waals surface area contributed by atoms with E-state index in [4.69, 9.17) is 13.9 Å². The second-order valence-corrected chi connectivity index (χ2v) is 7.23. The van der Waals surface area contributed by atoms with Crippen molar-refractivity contribution < 1.29 is 13.9 Å². The van der Waals surface area contributed by atoms with E-state index in [2.05, 4.69) is 27.7 Å². The van der Waals surface area contributed by atoms with Crippen LogP contribution in [0.5, 0.6) is 0 Å². The molecule has 0 bridgehead atoms. The van der Waals surface area contributed by atoms with Crippen molar-refractivity contribution in [2.24, 2.45) is 11.3 Å². The van der Waals surface area contributed by atoms with Crippen LogP contribution in [0, 0.1) is 18.3 Å². The fourth-order valence-electron chi connectivity index (χ4n) is 3.13. The largest absolute Gasteiger partial charge is 0.464 e. The van der Waals surface area contributed by atoms with E-state index in [0.717, 1.165) is 18.1 Å². The Morgan fingerprint density at radius 1 is 1.27 bits per heavy atom. The van der Waals surface area contributed by atoms with Gasteiger partial charge in [0.1, 0.15) is 17.6 Å². The fourth-order valence-corrected chi connectivity index (χ4v) is 3.13. The second-order valence-electron chi connectivity index (χ2n) is 7.23. The van der Waals surface area contributed by atoms with E-state index in [0.29, 0.717) is 12.5 Å². The smallest absolute Gasteiger partial charge is 0.133 e. The van der Waals surface area contributed by atoms with Crippen LogP contribution < -0.4 is 0 Å². The summed E-state index contributed by atoms with van der Waals surface area (Å²) in [5, 5.41) is 0. The van der Waals surface area contributed by atoms with Gasteiger partial charge < -0.3 is 13.9 Å². The van der Waals surface area contributed by atoms with Crippen LogP contribution in [-0.4, -0.2) is 19.3 Å². The molecular weight excluding hydrogens is 276 g/mol. The maximum absolute atomic E-state index is 6.03. The molecule has 1 aliphatic rings. The molecule has 0 radical (unpaired) electrons. The summed E-state index contributed by atoms with van der Waals surface area (Å²) < 4.78 is 17.7. The van der Waals surface area contributed by atoms with Crippen LogP contribution in [0.25, 0.3) is 0 Å². The highest BCUT2D eigenvalue weighted by Gasteiger charge is 2.51. The third kappa shape index (κ3) is 3.94. The Hall–Kier alpha value is -0.800. The van der Waals surface area contributed by atoms with Crippen molar-refractivity contribution in [2.45, 2.75) is 72.5 Å². The molecule has 2 rings (SSSR count). The topological polar surface area (TPSA) is 31.6 Å². The van der Waals surface area contributed by atoms with Gasteiger partial charge in [-0.1, -0.05) is 47.0 Å². The Balaban J connectivity index is 1.76. The highest BCUT2D eigenvalue weighted by Crippen LogP contribution is 2.51. The summed E-state index contributed by atoms with van der Waals surface area (Å²) in [4.78, 5) is 0.